The van der Waals surface area contributed by atoms with Crippen molar-refractivity contribution in [3.8, 4) is 0 Å². The van der Waals surface area contributed by atoms with Gasteiger partial charge in [-0.15, -0.1) is 0 Å². The third-order valence-corrected chi connectivity index (χ3v) is 5.70. The molecule has 138 valence electrons. The highest BCUT2D eigenvalue weighted by atomic mass is 16.4. The van der Waals surface area contributed by atoms with Crippen molar-refractivity contribution in [1.29, 1.82) is 0 Å². The van der Waals surface area contributed by atoms with Crippen LogP contribution < -0.4 is 10.6 Å². The van der Waals surface area contributed by atoms with Gasteiger partial charge in [-0.1, -0.05) is 19.3 Å². The highest BCUT2D eigenvalue weighted by Crippen LogP contribution is 2.33. The average molecular weight is 351 g/mol. The third kappa shape index (κ3) is 3.62. The molecule has 0 aromatic rings. The van der Waals surface area contributed by atoms with Gasteiger partial charge in [-0.25, -0.2) is 4.79 Å². The highest BCUT2D eigenvalue weighted by Gasteiger charge is 2.51. The molecule has 0 unspecified atom stereocenters. The monoisotopic (exact) mass is 351 g/mol. The van der Waals surface area contributed by atoms with Gasteiger partial charge < -0.3 is 15.7 Å². The summed E-state index contributed by atoms with van der Waals surface area (Å²) >= 11 is 0. The molecule has 8 heteroatoms. The van der Waals surface area contributed by atoms with Crippen LogP contribution in [0, 0.1) is 5.92 Å². The molecule has 4 amide bonds. The Morgan fingerprint density at radius 3 is 2.36 bits per heavy atom. The molecule has 0 bridgehead atoms. The fourth-order valence-corrected chi connectivity index (χ4v) is 4.22. The molecule has 1 saturated heterocycles. The van der Waals surface area contributed by atoms with Crippen molar-refractivity contribution in [2.45, 2.75) is 69.4 Å². The molecule has 1 aliphatic heterocycles. The molecule has 0 atom stereocenters. The first-order valence-electron chi connectivity index (χ1n) is 9.07. The van der Waals surface area contributed by atoms with E-state index < -0.39 is 17.5 Å². The van der Waals surface area contributed by atoms with E-state index in [-0.39, 0.29) is 30.3 Å². The topological polar surface area (TPSA) is 116 Å². The average Bonchev–Trinajstić information content (AvgIpc) is 2.80. The lowest BCUT2D eigenvalue weighted by Gasteiger charge is -2.30. The molecule has 2 aliphatic carbocycles. The van der Waals surface area contributed by atoms with E-state index in [1.54, 1.807) is 0 Å². The zero-order valence-electron chi connectivity index (χ0n) is 14.3. The Morgan fingerprint density at radius 2 is 1.76 bits per heavy atom. The van der Waals surface area contributed by atoms with Crippen molar-refractivity contribution in [2.75, 3.05) is 6.54 Å². The Morgan fingerprint density at radius 1 is 1.12 bits per heavy atom. The maximum absolute atomic E-state index is 12.6. The van der Waals surface area contributed by atoms with Crippen molar-refractivity contribution >= 4 is 23.8 Å². The van der Waals surface area contributed by atoms with Gasteiger partial charge in [-0.05, 0) is 38.5 Å². The number of nitrogens with one attached hydrogen (secondary N) is 2. The van der Waals surface area contributed by atoms with Gasteiger partial charge in [0.15, 0.2) is 0 Å². The fraction of sp³-hybridized carbons (Fsp3) is 0.765. The number of urea groups is 1. The fourth-order valence-electron chi connectivity index (χ4n) is 4.22. The van der Waals surface area contributed by atoms with E-state index in [0.29, 0.717) is 38.5 Å². The van der Waals surface area contributed by atoms with Crippen LogP contribution in [0.1, 0.15) is 57.8 Å². The van der Waals surface area contributed by atoms with Gasteiger partial charge in [0.05, 0.1) is 5.92 Å². The Balaban J connectivity index is 1.52. The maximum atomic E-state index is 12.6. The zero-order valence-corrected chi connectivity index (χ0v) is 14.3. The lowest BCUT2D eigenvalue weighted by atomic mass is 9.82. The molecular weight excluding hydrogens is 326 g/mol. The predicted molar refractivity (Wildman–Crippen MR) is 87.6 cm³/mol. The van der Waals surface area contributed by atoms with Crippen molar-refractivity contribution in [3.63, 3.8) is 0 Å². The maximum Gasteiger partial charge on any atom is 0.325 e. The van der Waals surface area contributed by atoms with Crippen LogP contribution in [-0.2, 0) is 14.4 Å². The highest BCUT2D eigenvalue weighted by molar-refractivity contribution is 6.09. The molecule has 0 aromatic heterocycles. The molecule has 2 saturated carbocycles. The quantitative estimate of drug-likeness (QED) is 0.654. The minimum Gasteiger partial charge on any atom is -0.481 e. The van der Waals surface area contributed by atoms with Gasteiger partial charge in [0.2, 0.25) is 5.91 Å². The Hall–Kier alpha value is -2.12. The first-order chi connectivity index (χ1) is 11.9. The summed E-state index contributed by atoms with van der Waals surface area (Å²) in [7, 11) is 0. The van der Waals surface area contributed by atoms with E-state index in [9.17, 15) is 19.2 Å². The molecule has 1 heterocycles. The second-order valence-electron chi connectivity index (χ2n) is 7.42. The summed E-state index contributed by atoms with van der Waals surface area (Å²) in [5, 5.41) is 14.6. The van der Waals surface area contributed by atoms with Crippen LogP contribution in [0.5, 0.6) is 0 Å². The predicted octanol–water partition coefficient (Wildman–Crippen LogP) is 1.00. The number of amides is 4. The molecule has 3 aliphatic rings. The summed E-state index contributed by atoms with van der Waals surface area (Å²) < 4.78 is 0. The first-order valence-corrected chi connectivity index (χ1v) is 9.07. The Labute approximate surface area is 146 Å². The summed E-state index contributed by atoms with van der Waals surface area (Å²) in [6.45, 7) is -0.273. The van der Waals surface area contributed by atoms with Crippen molar-refractivity contribution in [3.05, 3.63) is 0 Å². The smallest absolute Gasteiger partial charge is 0.325 e. The van der Waals surface area contributed by atoms with Crippen LogP contribution in [-0.4, -0.2) is 51.9 Å². The largest absolute Gasteiger partial charge is 0.481 e. The van der Waals surface area contributed by atoms with Gasteiger partial charge in [0.25, 0.3) is 5.91 Å². The number of carbonyl (C=O) groups excluding carboxylic acids is 3. The number of aliphatic carboxylic acids is 1. The van der Waals surface area contributed by atoms with Crippen LogP contribution in [0.25, 0.3) is 0 Å². The number of carboxylic acids is 1. The van der Waals surface area contributed by atoms with Gasteiger partial charge in [-0.3, -0.25) is 19.3 Å². The second kappa shape index (κ2) is 7.01. The number of hydrogen-bond acceptors (Lipinski definition) is 4. The van der Waals surface area contributed by atoms with Gasteiger partial charge >= 0.3 is 12.0 Å². The van der Waals surface area contributed by atoms with Crippen molar-refractivity contribution < 1.29 is 24.3 Å². The molecule has 8 nitrogen and oxygen atoms in total. The molecule has 3 fully saturated rings. The van der Waals surface area contributed by atoms with E-state index >= 15 is 0 Å². The molecule has 0 radical (unpaired) electrons. The molecular formula is C17H25N3O5. The lowest BCUT2D eigenvalue weighted by Crippen LogP contribution is -2.49. The Kier molecular flexibility index (Phi) is 4.96. The van der Waals surface area contributed by atoms with Crippen LogP contribution in [0.3, 0.4) is 0 Å². The first kappa shape index (κ1) is 17.7. The van der Waals surface area contributed by atoms with Crippen LogP contribution in [0.2, 0.25) is 0 Å². The summed E-state index contributed by atoms with van der Waals surface area (Å²) in [5.41, 5.74) is -0.810. The molecule has 3 N–H and O–H groups in total. The third-order valence-electron chi connectivity index (χ3n) is 5.70. The van der Waals surface area contributed by atoms with Gasteiger partial charge in [0, 0.05) is 6.04 Å². The molecule has 3 rings (SSSR count). The summed E-state index contributed by atoms with van der Waals surface area (Å²) in [6, 6.07) is -0.579. The van der Waals surface area contributed by atoms with E-state index in [2.05, 4.69) is 10.6 Å². The SMILES string of the molecule is O=C(CN1C(=O)NC2(CCCCC2)C1=O)NC1CCC(C(=O)O)CC1. The summed E-state index contributed by atoms with van der Waals surface area (Å²) in [4.78, 5) is 49.0. The number of hydrogen-bond donors (Lipinski definition) is 3. The number of nitrogens with zero attached hydrogens (tertiary/aromatic N) is 1. The Bertz CT molecular complexity index is 577. The number of rotatable bonds is 4. The van der Waals surface area contributed by atoms with Crippen molar-refractivity contribution in [2.24, 2.45) is 5.92 Å². The normalized spacial score (nSPS) is 28.7. The van der Waals surface area contributed by atoms with E-state index in [1.165, 1.54) is 0 Å². The zero-order chi connectivity index (χ0) is 18.0. The van der Waals surface area contributed by atoms with E-state index in [1.807, 2.05) is 0 Å². The molecule has 0 aromatic carbocycles. The van der Waals surface area contributed by atoms with E-state index in [0.717, 1.165) is 24.2 Å². The van der Waals surface area contributed by atoms with Gasteiger partial charge in [0.1, 0.15) is 12.1 Å². The second-order valence-corrected chi connectivity index (χ2v) is 7.42. The standard InChI is InChI=1S/C17H25N3O5/c21-13(18-12-6-4-11(5-7-12)14(22)23)10-20-15(24)17(19-16(20)25)8-2-1-3-9-17/h11-12H,1-10H2,(H,18,21)(H,19,25)(H,22,23). The van der Waals surface area contributed by atoms with E-state index in [4.69, 9.17) is 5.11 Å². The number of carboxylic acid groups (broad SMARTS) is 1. The van der Waals surface area contributed by atoms with Gasteiger partial charge in [-0.2, -0.15) is 0 Å². The van der Waals surface area contributed by atoms with Crippen LogP contribution in [0.15, 0.2) is 0 Å². The van der Waals surface area contributed by atoms with Crippen LogP contribution >= 0.6 is 0 Å². The number of carbonyl (C=O) groups is 4. The molecule has 25 heavy (non-hydrogen) atoms. The lowest BCUT2D eigenvalue weighted by molar-refractivity contribution is -0.143. The van der Waals surface area contributed by atoms with Crippen molar-refractivity contribution in [1.82, 2.24) is 15.5 Å². The van der Waals surface area contributed by atoms with Crippen LogP contribution in [0.4, 0.5) is 4.79 Å². The number of imide groups is 1. The minimum atomic E-state index is -0.810. The molecule has 1 spiro atoms. The minimum absolute atomic E-state index is 0.0903. The summed E-state index contributed by atoms with van der Waals surface area (Å²) in [6.07, 6.45) is 6.41. The summed E-state index contributed by atoms with van der Waals surface area (Å²) in [5.74, 6) is -1.79.